The van der Waals surface area contributed by atoms with E-state index in [0.29, 0.717) is 48.6 Å². The van der Waals surface area contributed by atoms with Gasteiger partial charge in [-0.1, -0.05) is 81.4 Å². The second kappa shape index (κ2) is 11.7. The number of hydrogen-bond donors (Lipinski definition) is 0. The molecule has 3 aromatic carbocycles. The van der Waals surface area contributed by atoms with E-state index in [1.165, 1.54) is 17.9 Å². The molecule has 0 radical (unpaired) electrons. The summed E-state index contributed by atoms with van der Waals surface area (Å²) in [6, 6.07) is 22.6. The number of fused-ring (bicyclic) bond motifs is 3. The Kier molecular flexibility index (Phi) is 7.75. The van der Waals surface area contributed by atoms with Gasteiger partial charge in [-0.05, 0) is 34.6 Å². The minimum atomic E-state index is -0.216. The summed E-state index contributed by atoms with van der Waals surface area (Å²) in [5.74, 6) is 0.647. The van der Waals surface area contributed by atoms with Crippen LogP contribution in [0.25, 0.3) is 11.1 Å². The summed E-state index contributed by atoms with van der Waals surface area (Å²) >= 11 is 0. The number of amides is 1. The molecule has 1 aliphatic carbocycles. The predicted octanol–water partition coefficient (Wildman–Crippen LogP) is 6.08. The molecular weight excluding hydrogens is 540 g/mol. The Morgan fingerprint density at radius 2 is 1.60 bits per heavy atom. The Labute approximate surface area is 251 Å². The number of ether oxygens (including phenoxy) is 1. The lowest BCUT2D eigenvalue weighted by Crippen LogP contribution is -2.35. The monoisotopic (exact) mass is 576 g/mol. The highest BCUT2D eigenvalue weighted by molar-refractivity contribution is 6.24. The quantitative estimate of drug-likeness (QED) is 0.244. The van der Waals surface area contributed by atoms with Gasteiger partial charge in [0.15, 0.2) is 5.78 Å². The van der Waals surface area contributed by atoms with Crippen molar-refractivity contribution in [1.82, 2.24) is 9.80 Å². The smallest absolute Gasteiger partial charge is 0.254 e. The zero-order chi connectivity index (χ0) is 30.1. The highest BCUT2D eigenvalue weighted by atomic mass is 16.5. The topological polar surface area (TPSA) is 80.1 Å². The van der Waals surface area contributed by atoms with Gasteiger partial charge in [-0.25, -0.2) is 0 Å². The highest BCUT2D eigenvalue weighted by Gasteiger charge is 2.32. The number of ketones is 1. The second-order valence-electron chi connectivity index (χ2n) is 12.3. The molecular formula is C36H36N2O5. The second-order valence-corrected chi connectivity index (χ2v) is 12.3. The summed E-state index contributed by atoms with van der Waals surface area (Å²) < 4.78 is 11.6. The van der Waals surface area contributed by atoms with Crippen molar-refractivity contribution in [3.05, 3.63) is 123 Å². The minimum Gasteiger partial charge on any atom is -0.482 e. The van der Waals surface area contributed by atoms with Gasteiger partial charge >= 0.3 is 0 Å². The van der Waals surface area contributed by atoms with Crippen LogP contribution in [0.2, 0.25) is 0 Å². The molecule has 0 bridgehead atoms. The number of nitrogens with zero attached hydrogens (tertiary/aromatic N) is 2. The van der Waals surface area contributed by atoms with Gasteiger partial charge in [0, 0.05) is 54.5 Å². The number of rotatable bonds is 6. The van der Waals surface area contributed by atoms with Crippen LogP contribution in [0.1, 0.15) is 70.4 Å². The first-order chi connectivity index (χ1) is 20.7. The molecule has 2 heterocycles. The summed E-state index contributed by atoms with van der Waals surface area (Å²) in [6.07, 6.45) is 2.18. The lowest BCUT2D eigenvalue weighted by Gasteiger charge is -2.23. The lowest BCUT2D eigenvalue weighted by atomic mass is 9.87. The third-order valence-electron chi connectivity index (χ3n) is 8.30. The van der Waals surface area contributed by atoms with Crippen LogP contribution in [0.3, 0.4) is 0 Å². The van der Waals surface area contributed by atoms with Crippen LogP contribution in [0.5, 0.6) is 5.75 Å². The largest absolute Gasteiger partial charge is 0.482 e. The molecule has 0 N–H and O–H groups in total. The highest BCUT2D eigenvalue weighted by Crippen LogP contribution is 2.39. The molecule has 0 atom stereocenters. The number of carbonyl (C=O) groups is 2. The number of hydrogen-bond acceptors (Lipinski definition) is 6. The molecule has 220 valence electrons. The van der Waals surface area contributed by atoms with Crippen molar-refractivity contribution in [2.45, 2.75) is 45.8 Å². The first-order valence-electron chi connectivity index (χ1n) is 14.8. The molecule has 0 unspecified atom stereocenters. The maximum Gasteiger partial charge on any atom is 0.254 e. The summed E-state index contributed by atoms with van der Waals surface area (Å²) in [4.78, 5) is 43.5. The van der Waals surface area contributed by atoms with E-state index >= 15 is 0 Å². The molecule has 1 fully saturated rings. The van der Waals surface area contributed by atoms with E-state index in [2.05, 4.69) is 37.8 Å². The zero-order valence-electron chi connectivity index (χ0n) is 24.9. The number of benzene rings is 3. The van der Waals surface area contributed by atoms with E-state index in [1.54, 1.807) is 12.1 Å². The van der Waals surface area contributed by atoms with Gasteiger partial charge in [0.2, 0.25) is 11.2 Å². The molecule has 1 saturated heterocycles. The predicted molar refractivity (Wildman–Crippen MR) is 166 cm³/mol. The lowest BCUT2D eigenvalue weighted by molar-refractivity contribution is 0.0761. The minimum absolute atomic E-state index is 0.0324. The van der Waals surface area contributed by atoms with Crippen molar-refractivity contribution in [3.63, 3.8) is 0 Å². The Bertz CT molecular complexity index is 1730. The van der Waals surface area contributed by atoms with E-state index in [-0.39, 0.29) is 34.9 Å². The van der Waals surface area contributed by atoms with Crippen molar-refractivity contribution in [2.24, 2.45) is 0 Å². The standard InChI is InChI=1S/C36H36N2O5/c1-36(2,3)25-14-12-24(13-15-25)22-43-32-23-42-26(20-31(32)39)21-37-16-7-17-38(19-18-37)35(41)30-11-6-10-29-33(30)27-8-4-5-9-28(27)34(29)40/h4-6,8-15,20,23H,7,16-19,21-22H2,1-3H3. The van der Waals surface area contributed by atoms with E-state index in [0.717, 1.165) is 29.7 Å². The van der Waals surface area contributed by atoms with Crippen LogP contribution in [0.4, 0.5) is 0 Å². The van der Waals surface area contributed by atoms with Crippen molar-refractivity contribution in [2.75, 3.05) is 26.2 Å². The van der Waals surface area contributed by atoms with Crippen molar-refractivity contribution in [3.8, 4) is 16.9 Å². The average molecular weight is 577 g/mol. The van der Waals surface area contributed by atoms with Gasteiger partial charge in [0.1, 0.15) is 18.6 Å². The van der Waals surface area contributed by atoms with Crippen molar-refractivity contribution in [1.29, 1.82) is 0 Å². The summed E-state index contributed by atoms with van der Waals surface area (Å²) in [5, 5.41) is 0. The van der Waals surface area contributed by atoms with E-state index in [9.17, 15) is 14.4 Å². The molecule has 6 rings (SSSR count). The Balaban J connectivity index is 1.07. The molecule has 4 aromatic rings. The van der Waals surface area contributed by atoms with E-state index in [4.69, 9.17) is 9.15 Å². The summed E-state index contributed by atoms with van der Waals surface area (Å²) in [5.41, 5.74) is 5.45. The molecule has 1 aromatic heterocycles. The SMILES string of the molecule is CC(C)(C)c1ccc(COc2coc(CN3CCCN(C(=O)c4cccc5c4-c4ccccc4C5=O)CC3)cc2=O)cc1. The van der Waals surface area contributed by atoms with Crippen molar-refractivity contribution >= 4 is 11.7 Å². The molecule has 1 aliphatic heterocycles. The molecule has 7 nitrogen and oxygen atoms in total. The number of carbonyl (C=O) groups excluding carboxylic acids is 2. The van der Waals surface area contributed by atoms with E-state index < -0.39 is 0 Å². The Morgan fingerprint density at radius 3 is 2.35 bits per heavy atom. The third-order valence-corrected chi connectivity index (χ3v) is 8.30. The fourth-order valence-corrected chi connectivity index (χ4v) is 5.87. The van der Waals surface area contributed by atoms with Gasteiger partial charge in [-0.15, -0.1) is 0 Å². The zero-order valence-corrected chi connectivity index (χ0v) is 24.9. The van der Waals surface area contributed by atoms with Gasteiger partial charge in [-0.3, -0.25) is 19.3 Å². The third kappa shape index (κ3) is 5.90. The van der Waals surface area contributed by atoms with Gasteiger partial charge in [0.05, 0.1) is 6.54 Å². The normalized spacial score (nSPS) is 15.1. The molecule has 0 spiro atoms. The van der Waals surface area contributed by atoms with Gasteiger partial charge in [0.25, 0.3) is 5.91 Å². The fraction of sp³-hybridized carbons (Fsp3) is 0.306. The van der Waals surface area contributed by atoms with Crippen LogP contribution < -0.4 is 10.2 Å². The summed E-state index contributed by atoms with van der Waals surface area (Å²) in [6.45, 7) is 9.83. The van der Waals surface area contributed by atoms with E-state index in [1.807, 2.05) is 47.4 Å². The fourth-order valence-electron chi connectivity index (χ4n) is 5.87. The maximum atomic E-state index is 13.7. The van der Waals surface area contributed by atoms with Crippen molar-refractivity contribution < 1.29 is 18.7 Å². The maximum absolute atomic E-state index is 13.7. The van der Waals surface area contributed by atoms with Crippen LogP contribution in [-0.4, -0.2) is 47.7 Å². The van der Waals surface area contributed by atoms with Crippen LogP contribution in [0, 0.1) is 0 Å². The summed E-state index contributed by atoms with van der Waals surface area (Å²) in [7, 11) is 0. The molecule has 2 aliphatic rings. The first kappa shape index (κ1) is 28.6. The Hall–Kier alpha value is -4.49. The van der Waals surface area contributed by atoms with Gasteiger partial charge < -0.3 is 14.1 Å². The van der Waals surface area contributed by atoms with Crippen LogP contribution >= 0.6 is 0 Å². The molecule has 1 amide bonds. The molecule has 0 saturated carbocycles. The molecule has 43 heavy (non-hydrogen) atoms. The molecule has 7 heteroatoms. The van der Waals surface area contributed by atoms with Crippen LogP contribution in [-0.2, 0) is 18.6 Å². The van der Waals surface area contributed by atoms with Crippen LogP contribution in [0.15, 0.2) is 88.3 Å². The van der Waals surface area contributed by atoms with Gasteiger partial charge in [-0.2, -0.15) is 0 Å². The average Bonchev–Trinajstić information content (AvgIpc) is 3.12. The Morgan fingerprint density at radius 1 is 0.860 bits per heavy atom. The first-order valence-corrected chi connectivity index (χ1v) is 14.8.